The van der Waals surface area contributed by atoms with E-state index in [1.54, 1.807) is 25.2 Å². The lowest BCUT2D eigenvalue weighted by Crippen LogP contribution is -2.12. The van der Waals surface area contributed by atoms with Gasteiger partial charge in [0.25, 0.3) is 0 Å². The first-order valence-corrected chi connectivity index (χ1v) is 7.87. The Morgan fingerprint density at radius 2 is 1.91 bits per heavy atom. The molecular weight excluding hydrogens is 292 g/mol. The van der Waals surface area contributed by atoms with Crippen molar-refractivity contribution in [3.63, 3.8) is 0 Å². The number of phenolic OH excluding ortho intramolecular Hbond substituents is 1. The number of hydrogen-bond donors (Lipinski definition) is 1. The van der Waals surface area contributed by atoms with Crippen molar-refractivity contribution in [3.05, 3.63) is 46.8 Å². The highest BCUT2D eigenvalue weighted by Crippen LogP contribution is 2.21. The van der Waals surface area contributed by atoms with Crippen LogP contribution in [0.3, 0.4) is 0 Å². The molecule has 1 aromatic carbocycles. The lowest BCUT2D eigenvalue weighted by Gasteiger charge is -2.06. The maximum atomic E-state index is 12.4. The van der Waals surface area contributed by atoms with E-state index in [9.17, 15) is 14.7 Å². The van der Waals surface area contributed by atoms with Gasteiger partial charge in [-0.05, 0) is 36.6 Å². The van der Waals surface area contributed by atoms with Crippen molar-refractivity contribution in [2.24, 2.45) is 7.05 Å². The van der Waals surface area contributed by atoms with Gasteiger partial charge in [-0.15, -0.1) is 0 Å². The highest BCUT2D eigenvalue weighted by Gasteiger charge is 2.20. The van der Waals surface area contributed by atoms with Crippen LogP contribution < -0.4 is 0 Å². The fraction of sp³-hybridized carbons (Fsp3) is 0.389. The number of rotatable bonds is 7. The molecule has 0 atom stereocenters. The summed E-state index contributed by atoms with van der Waals surface area (Å²) in [5, 5.41) is 14.1. The zero-order valence-corrected chi connectivity index (χ0v) is 13.8. The smallest absolute Gasteiger partial charge is 0.188 e. The standard InChI is InChI=1S/C18H22N2O3/c1-4-6-13-10-15(20(3)19-13)18(23)11-17(22)14-9-12(5-2)7-8-16(14)21/h7-10,21H,4-6,11H2,1-3H3. The largest absolute Gasteiger partial charge is 0.507 e. The zero-order valence-electron chi connectivity index (χ0n) is 13.8. The van der Waals surface area contributed by atoms with E-state index >= 15 is 0 Å². The van der Waals surface area contributed by atoms with Crippen molar-refractivity contribution in [3.8, 4) is 5.75 Å². The molecule has 2 aromatic rings. The van der Waals surface area contributed by atoms with Gasteiger partial charge in [-0.3, -0.25) is 14.3 Å². The second kappa shape index (κ2) is 7.22. The molecule has 2 rings (SSSR count). The number of aryl methyl sites for hydroxylation is 3. The van der Waals surface area contributed by atoms with Gasteiger partial charge in [-0.25, -0.2) is 0 Å². The van der Waals surface area contributed by atoms with Gasteiger partial charge < -0.3 is 5.11 Å². The van der Waals surface area contributed by atoms with Crippen LogP contribution in [0, 0.1) is 0 Å². The van der Waals surface area contributed by atoms with Gasteiger partial charge in [-0.1, -0.05) is 26.3 Å². The van der Waals surface area contributed by atoms with Gasteiger partial charge in [0, 0.05) is 7.05 Å². The summed E-state index contributed by atoms with van der Waals surface area (Å²) in [6, 6.07) is 6.66. The third-order valence-corrected chi connectivity index (χ3v) is 3.81. The highest BCUT2D eigenvalue weighted by atomic mass is 16.3. The summed E-state index contributed by atoms with van der Waals surface area (Å²) in [6.07, 6.45) is 2.23. The third kappa shape index (κ3) is 3.86. The average Bonchev–Trinajstić information content (AvgIpc) is 2.88. The Labute approximate surface area is 135 Å². The van der Waals surface area contributed by atoms with E-state index in [1.807, 2.05) is 13.8 Å². The van der Waals surface area contributed by atoms with Crippen molar-refractivity contribution in [2.45, 2.75) is 39.5 Å². The predicted octanol–water partition coefficient (Wildman–Crippen LogP) is 3.10. The molecule has 0 fully saturated rings. The number of benzene rings is 1. The van der Waals surface area contributed by atoms with E-state index in [2.05, 4.69) is 5.10 Å². The second-order valence-electron chi connectivity index (χ2n) is 5.62. The summed E-state index contributed by atoms with van der Waals surface area (Å²) in [4.78, 5) is 24.7. The number of phenols is 1. The van der Waals surface area contributed by atoms with Crippen LogP contribution in [0.4, 0.5) is 0 Å². The summed E-state index contributed by atoms with van der Waals surface area (Å²) >= 11 is 0. The quantitative estimate of drug-likeness (QED) is 0.629. The molecular formula is C18H22N2O3. The third-order valence-electron chi connectivity index (χ3n) is 3.81. The molecule has 0 aliphatic rings. The normalized spacial score (nSPS) is 10.7. The van der Waals surface area contributed by atoms with E-state index in [1.165, 1.54) is 10.7 Å². The summed E-state index contributed by atoms with van der Waals surface area (Å²) < 4.78 is 1.52. The highest BCUT2D eigenvalue weighted by molar-refractivity contribution is 6.14. The fourth-order valence-electron chi connectivity index (χ4n) is 2.52. The van der Waals surface area contributed by atoms with Gasteiger partial charge >= 0.3 is 0 Å². The molecule has 0 saturated carbocycles. The first-order chi connectivity index (χ1) is 11.0. The maximum absolute atomic E-state index is 12.4. The van der Waals surface area contributed by atoms with Crippen LogP contribution in [0.15, 0.2) is 24.3 Å². The minimum absolute atomic E-state index is 0.0864. The molecule has 0 aliphatic carbocycles. The molecule has 0 bridgehead atoms. The van der Waals surface area contributed by atoms with Crippen molar-refractivity contribution in [1.82, 2.24) is 9.78 Å². The topological polar surface area (TPSA) is 72.2 Å². The number of hydrogen-bond acceptors (Lipinski definition) is 4. The monoisotopic (exact) mass is 314 g/mol. The molecule has 1 aromatic heterocycles. The van der Waals surface area contributed by atoms with Crippen molar-refractivity contribution < 1.29 is 14.7 Å². The van der Waals surface area contributed by atoms with Crippen molar-refractivity contribution in [1.29, 1.82) is 0 Å². The fourth-order valence-corrected chi connectivity index (χ4v) is 2.52. The lowest BCUT2D eigenvalue weighted by molar-refractivity contribution is 0.0888. The summed E-state index contributed by atoms with van der Waals surface area (Å²) in [6.45, 7) is 4.01. The first-order valence-electron chi connectivity index (χ1n) is 7.87. The lowest BCUT2D eigenvalue weighted by atomic mass is 10.0. The van der Waals surface area contributed by atoms with E-state index in [0.29, 0.717) is 5.69 Å². The Hall–Kier alpha value is -2.43. The van der Waals surface area contributed by atoms with Crippen LogP contribution in [0.2, 0.25) is 0 Å². The number of nitrogens with zero attached hydrogens (tertiary/aromatic N) is 2. The minimum atomic E-state index is -0.374. The molecule has 122 valence electrons. The van der Waals surface area contributed by atoms with Crippen LogP contribution in [0.25, 0.3) is 0 Å². The Balaban J connectivity index is 2.18. The Morgan fingerprint density at radius 3 is 2.57 bits per heavy atom. The summed E-state index contributed by atoms with van der Waals surface area (Å²) in [5.74, 6) is -0.744. The van der Waals surface area contributed by atoms with Gasteiger partial charge in [0.2, 0.25) is 0 Å². The number of carbonyl (C=O) groups is 2. The average molecular weight is 314 g/mol. The Morgan fingerprint density at radius 1 is 1.17 bits per heavy atom. The van der Waals surface area contributed by atoms with Crippen molar-refractivity contribution in [2.75, 3.05) is 0 Å². The number of aromatic nitrogens is 2. The molecule has 0 unspecified atom stereocenters. The van der Waals surface area contributed by atoms with Crippen LogP contribution in [-0.2, 0) is 19.9 Å². The molecule has 0 saturated heterocycles. The molecule has 0 spiro atoms. The minimum Gasteiger partial charge on any atom is -0.507 e. The van der Waals surface area contributed by atoms with Crippen LogP contribution in [0.1, 0.15) is 58.8 Å². The number of Topliss-reactive ketones (excluding diaryl/α,β-unsaturated/α-hetero) is 2. The number of ketones is 2. The molecule has 5 heteroatoms. The number of aromatic hydroxyl groups is 1. The number of carbonyl (C=O) groups excluding carboxylic acids is 2. The van der Waals surface area contributed by atoms with E-state index in [4.69, 9.17) is 0 Å². The van der Waals surface area contributed by atoms with E-state index in [0.717, 1.165) is 30.5 Å². The van der Waals surface area contributed by atoms with Gasteiger partial charge in [0.1, 0.15) is 11.4 Å². The van der Waals surface area contributed by atoms with E-state index in [-0.39, 0.29) is 29.3 Å². The van der Waals surface area contributed by atoms with E-state index < -0.39 is 0 Å². The Kier molecular flexibility index (Phi) is 5.32. The molecule has 1 heterocycles. The van der Waals surface area contributed by atoms with Crippen LogP contribution >= 0.6 is 0 Å². The SMILES string of the molecule is CCCc1cc(C(=O)CC(=O)c2cc(CC)ccc2O)n(C)n1. The van der Waals surface area contributed by atoms with Crippen molar-refractivity contribution >= 4 is 11.6 Å². The molecule has 0 aliphatic heterocycles. The maximum Gasteiger partial charge on any atom is 0.188 e. The van der Waals surface area contributed by atoms with Gasteiger partial charge in [0.05, 0.1) is 17.7 Å². The van der Waals surface area contributed by atoms with Gasteiger partial charge in [0.15, 0.2) is 11.6 Å². The molecule has 1 N–H and O–H groups in total. The molecule has 23 heavy (non-hydrogen) atoms. The molecule has 0 radical (unpaired) electrons. The molecule has 0 amide bonds. The van der Waals surface area contributed by atoms with Crippen LogP contribution in [-0.4, -0.2) is 26.5 Å². The summed E-state index contributed by atoms with van der Waals surface area (Å²) in [7, 11) is 1.70. The summed E-state index contributed by atoms with van der Waals surface area (Å²) in [5.41, 5.74) is 2.42. The Bertz CT molecular complexity index is 732. The molecule has 5 nitrogen and oxygen atoms in total. The van der Waals surface area contributed by atoms with Crippen LogP contribution in [0.5, 0.6) is 5.75 Å². The first kappa shape index (κ1) is 16.9. The second-order valence-corrected chi connectivity index (χ2v) is 5.62. The zero-order chi connectivity index (χ0) is 17.0. The predicted molar refractivity (Wildman–Crippen MR) is 88.0 cm³/mol. The van der Waals surface area contributed by atoms with Gasteiger partial charge in [-0.2, -0.15) is 5.10 Å².